The first kappa shape index (κ1) is 18.0. The second-order valence-corrected chi connectivity index (χ2v) is 5.13. The van der Waals surface area contributed by atoms with E-state index in [-0.39, 0.29) is 12.1 Å². The maximum absolute atomic E-state index is 6.01. The van der Waals surface area contributed by atoms with Gasteiger partial charge < -0.3 is 14.8 Å². The van der Waals surface area contributed by atoms with E-state index in [0.29, 0.717) is 0 Å². The van der Waals surface area contributed by atoms with Gasteiger partial charge in [-0.1, -0.05) is 20.3 Å². The second-order valence-electron chi connectivity index (χ2n) is 5.13. The van der Waals surface area contributed by atoms with Crippen LogP contribution in [0.2, 0.25) is 0 Å². The van der Waals surface area contributed by atoms with Crippen molar-refractivity contribution in [2.24, 2.45) is 0 Å². The van der Waals surface area contributed by atoms with E-state index in [2.05, 4.69) is 31.2 Å². The molecule has 1 rings (SSSR count). The molecule has 0 aromatic carbocycles. The third-order valence-electron chi connectivity index (χ3n) is 3.60. The average molecular weight is 297 g/mol. The molecule has 0 radical (unpaired) electrons. The number of nitrogens with one attached hydrogen (secondary N) is 1. The van der Waals surface area contributed by atoms with Crippen molar-refractivity contribution in [3.63, 3.8) is 0 Å². The Morgan fingerprint density at radius 1 is 1.24 bits per heavy atom. The number of methoxy groups -OCH3 is 1. The summed E-state index contributed by atoms with van der Waals surface area (Å²) >= 11 is 0. The summed E-state index contributed by atoms with van der Waals surface area (Å²) in [5.41, 5.74) is 1.10. The molecule has 2 unspecified atom stereocenters. The van der Waals surface area contributed by atoms with Crippen LogP contribution in [0.15, 0.2) is 6.20 Å². The Labute approximate surface area is 129 Å². The first-order chi connectivity index (χ1) is 10.2. The molecule has 2 atom stereocenters. The topological polar surface area (TPSA) is 48.3 Å². The Morgan fingerprint density at radius 3 is 2.52 bits per heavy atom. The predicted octanol–water partition coefficient (Wildman–Crippen LogP) is 3.16. The summed E-state index contributed by atoms with van der Waals surface area (Å²) < 4.78 is 13.5. The Bertz CT molecular complexity index is 365. The molecule has 122 valence electrons. The van der Waals surface area contributed by atoms with Crippen LogP contribution in [-0.4, -0.2) is 36.1 Å². The van der Waals surface area contributed by atoms with Gasteiger partial charge in [-0.25, -0.2) is 0 Å². The van der Waals surface area contributed by atoms with Crippen LogP contribution in [0.3, 0.4) is 0 Å². The van der Waals surface area contributed by atoms with Crippen LogP contribution in [-0.2, 0) is 11.3 Å². The van der Waals surface area contributed by atoms with Gasteiger partial charge >= 0.3 is 0 Å². The maximum atomic E-state index is 6.01. The summed E-state index contributed by atoms with van der Waals surface area (Å²) in [6.07, 6.45) is 5.14. The fraction of sp³-hybridized carbons (Fsp3) is 0.812. The predicted molar refractivity (Wildman–Crippen MR) is 85.8 cm³/mol. The summed E-state index contributed by atoms with van der Waals surface area (Å²) in [5.74, 6) is 0.839. The van der Waals surface area contributed by atoms with E-state index >= 15 is 0 Å². The smallest absolute Gasteiger partial charge is 0.161 e. The summed E-state index contributed by atoms with van der Waals surface area (Å²) in [7, 11) is 1.70. The van der Waals surface area contributed by atoms with Crippen LogP contribution in [0, 0.1) is 0 Å². The molecule has 1 heterocycles. The number of aromatic nitrogens is 2. The highest BCUT2D eigenvalue weighted by atomic mass is 16.5. The highest BCUT2D eigenvalue weighted by molar-refractivity contribution is 5.29. The van der Waals surface area contributed by atoms with Crippen LogP contribution >= 0.6 is 0 Å². The lowest BCUT2D eigenvalue weighted by Gasteiger charge is -2.29. The molecule has 0 aliphatic rings. The van der Waals surface area contributed by atoms with Crippen molar-refractivity contribution in [1.29, 1.82) is 0 Å². The van der Waals surface area contributed by atoms with Crippen molar-refractivity contribution in [1.82, 2.24) is 15.1 Å². The van der Waals surface area contributed by atoms with Crippen molar-refractivity contribution in [3.8, 4) is 5.75 Å². The largest absolute Gasteiger partial charge is 0.493 e. The monoisotopic (exact) mass is 297 g/mol. The fourth-order valence-corrected chi connectivity index (χ4v) is 2.65. The molecule has 5 nitrogen and oxygen atoms in total. The van der Waals surface area contributed by atoms with Crippen LogP contribution in [0.25, 0.3) is 0 Å². The summed E-state index contributed by atoms with van der Waals surface area (Å²) in [6.45, 7) is 11.0. The van der Waals surface area contributed by atoms with Crippen LogP contribution in [0.5, 0.6) is 5.75 Å². The Balaban J connectivity index is 3.12. The van der Waals surface area contributed by atoms with Crippen molar-refractivity contribution in [2.75, 3.05) is 20.3 Å². The van der Waals surface area contributed by atoms with Crippen LogP contribution in [0.4, 0.5) is 0 Å². The van der Waals surface area contributed by atoms with Crippen LogP contribution in [0.1, 0.15) is 58.7 Å². The molecule has 0 amide bonds. The zero-order valence-corrected chi connectivity index (χ0v) is 14.2. The van der Waals surface area contributed by atoms with Crippen molar-refractivity contribution in [3.05, 3.63) is 11.9 Å². The van der Waals surface area contributed by atoms with Gasteiger partial charge in [0.15, 0.2) is 5.75 Å². The lowest BCUT2D eigenvalue weighted by Crippen LogP contribution is -2.36. The molecular weight excluding hydrogens is 266 g/mol. The number of hydrogen-bond acceptors (Lipinski definition) is 4. The number of nitrogens with zero attached hydrogens (tertiary/aromatic N) is 2. The lowest BCUT2D eigenvalue weighted by molar-refractivity contribution is 0.0248. The van der Waals surface area contributed by atoms with Gasteiger partial charge in [-0.2, -0.15) is 5.10 Å². The Hall–Kier alpha value is -1.07. The summed E-state index contributed by atoms with van der Waals surface area (Å²) in [4.78, 5) is 0. The molecule has 1 N–H and O–H groups in total. The highest BCUT2D eigenvalue weighted by Crippen LogP contribution is 2.30. The van der Waals surface area contributed by atoms with E-state index in [1.54, 1.807) is 13.3 Å². The van der Waals surface area contributed by atoms with E-state index in [4.69, 9.17) is 9.47 Å². The lowest BCUT2D eigenvalue weighted by atomic mass is 10.0. The number of ether oxygens (including phenoxy) is 2. The zero-order valence-electron chi connectivity index (χ0n) is 14.2. The molecule has 1 aromatic heterocycles. The third-order valence-corrected chi connectivity index (χ3v) is 3.60. The van der Waals surface area contributed by atoms with Gasteiger partial charge in [-0.15, -0.1) is 0 Å². The van der Waals surface area contributed by atoms with Gasteiger partial charge in [0.05, 0.1) is 31.1 Å². The fourth-order valence-electron chi connectivity index (χ4n) is 2.65. The minimum absolute atomic E-state index is 0.113. The molecule has 5 heteroatoms. The Morgan fingerprint density at radius 2 is 2.00 bits per heavy atom. The van der Waals surface area contributed by atoms with Gasteiger partial charge in [0.25, 0.3) is 0 Å². The van der Waals surface area contributed by atoms with E-state index in [9.17, 15) is 0 Å². The quantitative estimate of drug-likeness (QED) is 0.681. The van der Waals surface area contributed by atoms with E-state index in [1.165, 1.54) is 0 Å². The number of rotatable bonds is 11. The molecule has 21 heavy (non-hydrogen) atoms. The SMILES string of the molecule is CCCNC(c1c(OC)cnn1CC)C(CCC)OCC. The Kier molecular flexibility index (Phi) is 8.38. The third kappa shape index (κ3) is 4.71. The van der Waals surface area contributed by atoms with E-state index in [1.807, 2.05) is 11.6 Å². The molecule has 0 aliphatic heterocycles. The molecule has 0 aliphatic carbocycles. The first-order valence-electron chi connectivity index (χ1n) is 8.17. The molecule has 0 spiro atoms. The number of aryl methyl sites for hydroxylation is 1. The van der Waals surface area contributed by atoms with Gasteiger partial charge in [-0.3, -0.25) is 4.68 Å². The molecule has 0 saturated heterocycles. The maximum Gasteiger partial charge on any atom is 0.161 e. The van der Waals surface area contributed by atoms with Gasteiger partial charge in [-0.05, 0) is 33.2 Å². The summed E-state index contributed by atoms with van der Waals surface area (Å²) in [6, 6.07) is 0.113. The van der Waals surface area contributed by atoms with Crippen molar-refractivity contribution in [2.45, 2.75) is 65.6 Å². The van der Waals surface area contributed by atoms with Crippen molar-refractivity contribution >= 4 is 0 Å². The molecule has 1 aromatic rings. The second kappa shape index (κ2) is 9.79. The van der Waals surface area contributed by atoms with E-state index < -0.39 is 0 Å². The van der Waals surface area contributed by atoms with Crippen LogP contribution < -0.4 is 10.1 Å². The average Bonchev–Trinajstić information content (AvgIpc) is 2.91. The standard InChI is InChI=1S/C16H31N3O2/c1-6-10-13(21-9-4)15(17-11-7-2)16-14(20-5)12-18-19(16)8-3/h12-13,15,17H,6-11H2,1-5H3. The number of hydrogen-bond donors (Lipinski definition) is 1. The van der Waals surface area contributed by atoms with Gasteiger partial charge in [0.1, 0.15) is 0 Å². The van der Waals surface area contributed by atoms with Crippen molar-refractivity contribution < 1.29 is 9.47 Å². The molecule has 0 fully saturated rings. The molecular formula is C16H31N3O2. The molecule has 0 saturated carbocycles. The normalized spacial score (nSPS) is 14.1. The van der Waals surface area contributed by atoms with Gasteiger partial charge in [0, 0.05) is 13.2 Å². The zero-order chi connectivity index (χ0) is 15.7. The minimum Gasteiger partial charge on any atom is -0.493 e. The molecule has 0 bridgehead atoms. The van der Waals surface area contributed by atoms with Gasteiger partial charge in [0.2, 0.25) is 0 Å². The first-order valence-corrected chi connectivity index (χ1v) is 8.17. The minimum atomic E-state index is 0.113. The highest BCUT2D eigenvalue weighted by Gasteiger charge is 2.29. The van der Waals surface area contributed by atoms with E-state index in [0.717, 1.165) is 50.4 Å². The summed E-state index contributed by atoms with van der Waals surface area (Å²) in [5, 5.41) is 8.06.